The van der Waals surface area contributed by atoms with Crippen molar-refractivity contribution in [1.29, 1.82) is 0 Å². The number of halogens is 4. The molecule has 0 fully saturated rings. The van der Waals surface area contributed by atoms with Crippen LogP contribution in [0.1, 0.15) is 26.3 Å². The van der Waals surface area contributed by atoms with E-state index in [1.54, 1.807) is 19.2 Å². The zero-order chi connectivity index (χ0) is 19.6. The molecular weight excluding hydrogens is 472 g/mol. The minimum absolute atomic E-state index is 0. The highest BCUT2D eigenvalue weighted by Gasteiger charge is 2.28. The second-order valence-corrected chi connectivity index (χ2v) is 5.92. The van der Waals surface area contributed by atoms with Crippen LogP contribution in [-0.2, 0) is 6.54 Å². The van der Waals surface area contributed by atoms with Crippen LogP contribution in [0, 0.1) is 0 Å². The van der Waals surface area contributed by atoms with E-state index >= 15 is 0 Å². The molecule has 0 amide bonds. The molecule has 0 saturated carbocycles. The van der Waals surface area contributed by atoms with Gasteiger partial charge in [-0.1, -0.05) is 26.0 Å². The average molecular weight is 502 g/mol. The van der Waals surface area contributed by atoms with Crippen LogP contribution < -0.4 is 15.4 Å². The Labute approximate surface area is 176 Å². The molecule has 0 heterocycles. The molecule has 0 aliphatic heterocycles. The van der Waals surface area contributed by atoms with Gasteiger partial charge in [0.2, 0.25) is 0 Å². The van der Waals surface area contributed by atoms with E-state index < -0.39 is 12.8 Å². The van der Waals surface area contributed by atoms with E-state index in [9.17, 15) is 13.2 Å². The zero-order valence-corrected chi connectivity index (χ0v) is 18.6. The van der Waals surface area contributed by atoms with E-state index in [1.807, 2.05) is 0 Å². The van der Waals surface area contributed by atoms with Gasteiger partial charge in [-0.3, -0.25) is 9.89 Å². The molecule has 0 radical (unpaired) electrons. The summed E-state index contributed by atoms with van der Waals surface area (Å²) in [5.74, 6) is 0.878. The summed E-state index contributed by atoms with van der Waals surface area (Å²) in [7, 11) is 1.70. The number of rotatable bonds is 9. The highest BCUT2D eigenvalue weighted by atomic mass is 127. The first-order valence-corrected chi connectivity index (χ1v) is 8.76. The molecule has 2 N–H and O–H groups in total. The lowest BCUT2D eigenvalue weighted by molar-refractivity contribution is -0.153. The van der Waals surface area contributed by atoms with Crippen molar-refractivity contribution < 1.29 is 17.9 Å². The maximum Gasteiger partial charge on any atom is 0.422 e. The lowest BCUT2D eigenvalue weighted by Crippen LogP contribution is -2.45. The number of ether oxygens (including phenoxy) is 1. The Hall–Kier alpha value is -1.23. The van der Waals surface area contributed by atoms with Crippen molar-refractivity contribution in [1.82, 2.24) is 15.5 Å². The van der Waals surface area contributed by atoms with E-state index in [0.717, 1.165) is 25.2 Å². The normalized spacial score (nSPS) is 13.1. The van der Waals surface area contributed by atoms with Crippen LogP contribution in [0.3, 0.4) is 0 Å². The zero-order valence-electron chi connectivity index (χ0n) is 16.3. The molecule has 5 nitrogen and oxygen atoms in total. The number of nitrogens with zero attached hydrogens (tertiary/aromatic N) is 2. The van der Waals surface area contributed by atoms with Crippen LogP contribution in [0.5, 0.6) is 5.75 Å². The number of hydrogen-bond donors (Lipinski definition) is 2. The molecule has 9 heteroatoms. The molecule has 0 bridgehead atoms. The molecular formula is C18H30F3IN4O. The maximum absolute atomic E-state index is 12.1. The van der Waals surface area contributed by atoms with E-state index in [1.165, 1.54) is 12.1 Å². The molecule has 156 valence electrons. The van der Waals surface area contributed by atoms with E-state index in [0.29, 0.717) is 18.5 Å². The van der Waals surface area contributed by atoms with Gasteiger partial charge < -0.3 is 15.4 Å². The van der Waals surface area contributed by atoms with Crippen LogP contribution in [0.2, 0.25) is 0 Å². The summed E-state index contributed by atoms with van der Waals surface area (Å²) < 4.78 is 41.1. The number of benzene rings is 1. The Bertz CT molecular complexity index is 549. The summed E-state index contributed by atoms with van der Waals surface area (Å²) in [5.41, 5.74) is 0.920. The van der Waals surface area contributed by atoms with Crippen LogP contribution >= 0.6 is 24.0 Å². The molecule has 1 atom stereocenters. The number of aliphatic imine (C=N–C) groups is 1. The predicted molar refractivity (Wildman–Crippen MR) is 114 cm³/mol. The van der Waals surface area contributed by atoms with Gasteiger partial charge in [-0.15, -0.1) is 24.0 Å². The second kappa shape index (κ2) is 13.0. The lowest BCUT2D eigenvalue weighted by Gasteiger charge is -2.27. The maximum atomic E-state index is 12.1. The fraction of sp³-hybridized carbons (Fsp3) is 0.611. The number of guanidine groups is 1. The summed E-state index contributed by atoms with van der Waals surface area (Å²) in [6.07, 6.45) is -4.33. The molecule has 1 aromatic carbocycles. The lowest BCUT2D eigenvalue weighted by atomic mass is 10.2. The summed E-state index contributed by atoms with van der Waals surface area (Å²) >= 11 is 0. The highest BCUT2D eigenvalue weighted by Crippen LogP contribution is 2.18. The van der Waals surface area contributed by atoms with Crippen molar-refractivity contribution in [2.45, 2.75) is 39.5 Å². The van der Waals surface area contributed by atoms with Crippen molar-refractivity contribution in [3.63, 3.8) is 0 Å². The first-order valence-electron chi connectivity index (χ1n) is 8.76. The molecule has 0 spiro atoms. The van der Waals surface area contributed by atoms with Gasteiger partial charge >= 0.3 is 6.18 Å². The molecule has 27 heavy (non-hydrogen) atoms. The minimum Gasteiger partial charge on any atom is -0.484 e. The van der Waals surface area contributed by atoms with E-state index in [4.69, 9.17) is 4.74 Å². The summed E-state index contributed by atoms with van der Waals surface area (Å²) in [4.78, 5) is 6.53. The fourth-order valence-electron chi connectivity index (χ4n) is 2.50. The molecule has 1 unspecified atom stereocenters. The summed E-state index contributed by atoms with van der Waals surface area (Å²) in [6, 6.07) is 6.89. The third-order valence-electron chi connectivity index (χ3n) is 4.01. The monoisotopic (exact) mass is 502 g/mol. The molecule has 1 aromatic rings. The number of nitrogens with one attached hydrogen (secondary N) is 2. The van der Waals surface area contributed by atoms with Gasteiger partial charge in [-0.2, -0.15) is 13.2 Å². The van der Waals surface area contributed by atoms with Gasteiger partial charge in [0.15, 0.2) is 12.6 Å². The summed E-state index contributed by atoms with van der Waals surface area (Å²) in [6.45, 7) is 8.41. The fourth-order valence-corrected chi connectivity index (χ4v) is 2.50. The van der Waals surface area contributed by atoms with Gasteiger partial charge in [-0.05, 0) is 37.7 Å². The van der Waals surface area contributed by atoms with Gasteiger partial charge in [0, 0.05) is 26.2 Å². The quantitative estimate of drug-likeness (QED) is 0.308. The van der Waals surface area contributed by atoms with Crippen molar-refractivity contribution in [2.24, 2.45) is 4.99 Å². The third kappa shape index (κ3) is 10.6. The van der Waals surface area contributed by atoms with Crippen molar-refractivity contribution in [3.05, 3.63) is 29.8 Å². The standard InChI is InChI=1S/C18H29F3N4O.HI/c1-5-25(6-2)14(3)11-23-17(22-4)24-12-15-7-9-16(10-8-15)26-13-18(19,20)21;/h7-10,14H,5-6,11-13H2,1-4H3,(H2,22,23,24);1H. The highest BCUT2D eigenvalue weighted by molar-refractivity contribution is 14.0. The van der Waals surface area contributed by atoms with Gasteiger partial charge in [0.05, 0.1) is 0 Å². The molecule has 0 aliphatic rings. The molecule has 0 saturated heterocycles. The smallest absolute Gasteiger partial charge is 0.422 e. The van der Waals surface area contributed by atoms with Gasteiger partial charge in [0.25, 0.3) is 0 Å². The molecule has 1 rings (SSSR count). The van der Waals surface area contributed by atoms with Crippen LogP contribution in [0.25, 0.3) is 0 Å². The topological polar surface area (TPSA) is 48.9 Å². The first kappa shape index (κ1) is 25.8. The predicted octanol–water partition coefficient (Wildman–Crippen LogP) is 3.64. The molecule has 0 aliphatic carbocycles. The average Bonchev–Trinajstić information content (AvgIpc) is 2.61. The Kier molecular flexibility index (Phi) is 12.4. The molecule has 0 aromatic heterocycles. The van der Waals surface area contributed by atoms with Crippen LogP contribution in [0.4, 0.5) is 13.2 Å². The van der Waals surface area contributed by atoms with E-state index in [-0.39, 0.29) is 29.7 Å². The largest absolute Gasteiger partial charge is 0.484 e. The minimum atomic E-state index is -4.33. The van der Waals surface area contributed by atoms with Gasteiger partial charge in [-0.25, -0.2) is 0 Å². The van der Waals surface area contributed by atoms with Gasteiger partial charge in [0.1, 0.15) is 5.75 Å². The van der Waals surface area contributed by atoms with Crippen molar-refractivity contribution in [3.8, 4) is 5.75 Å². The first-order chi connectivity index (χ1) is 12.3. The Morgan fingerprint density at radius 2 is 1.74 bits per heavy atom. The summed E-state index contributed by atoms with van der Waals surface area (Å²) in [5, 5.41) is 6.48. The number of likely N-dealkylation sites (N-methyl/N-ethyl adjacent to an activating group) is 1. The Morgan fingerprint density at radius 3 is 2.22 bits per heavy atom. The Morgan fingerprint density at radius 1 is 1.15 bits per heavy atom. The SMILES string of the molecule is CCN(CC)C(C)CNC(=NC)NCc1ccc(OCC(F)(F)F)cc1.I. The van der Waals surface area contributed by atoms with Crippen LogP contribution in [-0.4, -0.2) is 56.4 Å². The van der Waals surface area contributed by atoms with Crippen LogP contribution in [0.15, 0.2) is 29.3 Å². The Balaban J connectivity index is 0.00000676. The second-order valence-electron chi connectivity index (χ2n) is 5.92. The van der Waals surface area contributed by atoms with E-state index in [2.05, 4.69) is 41.3 Å². The number of alkyl halides is 3. The van der Waals surface area contributed by atoms with Crippen molar-refractivity contribution >= 4 is 29.9 Å². The third-order valence-corrected chi connectivity index (χ3v) is 4.01. The van der Waals surface area contributed by atoms with Crippen molar-refractivity contribution in [2.75, 3.05) is 33.3 Å². The number of hydrogen-bond acceptors (Lipinski definition) is 3.